The van der Waals surface area contributed by atoms with E-state index in [-0.39, 0.29) is 18.8 Å². The van der Waals surface area contributed by atoms with Crippen LogP contribution in [0.4, 0.5) is 8.78 Å². The van der Waals surface area contributed by atoms with Gasteiger partial charge in [-0.05, 0) is 12.1 Å². The predicted molar refractivity (Wildman–Crippen MR) is 60.7 cm³/mol. The molecular formula is C11H16F2N2O3. The van der Waals surface area contributed by atoms with Crippen molar-refractivity contribution in [3.8, 4) is 0 Å². The Bertz CT molecular complexity index is 382. The van der Waals surface area contributed by atoms with Gasteiger partial charge in [0.05, 0.1) is 19.3 Å². The molecule has 0 saturated carbocycles. The van der Waals surface area contributed by atoms with Crippen molar-refractivity contribution in [2.24, 2.45) is 0 Å². The lowest BCUT2D eigenvalue weighted by Gasteiger charge is -2.12. The number of aliphatic hydroxyl groups is 1. The number of hydrogen-bond acceptors (Lipinski definition) is 3. The van der Waals surface area contributed by atoms with Gasteiger partial charge >= 0.3 is 0 Å². The van der Waals surface area contributed by atoms with Crippen LogP contribution in [-0.4, -0.2) is 48.4 Å². The highest BCUT2D eigenvalue weighted by atomic mass is 19.3. The second kappa shape index (κ2) is 7.07. The van der Waals surface area contributed by atoms with E-state index in [1.807, 2.05) is 0 Å². The molecule has 1 amide bonds. The van der Waals surface area contributed by atoms with Gasteiger partial charge in [0.25, 0.3) is 12.3 Å². The summed E-state index contributed by atoms with van der Waals surface area (Å²) < 4.78 is 30.4. The molecule has 0 aliphatic carbocycles. The van der Waals surface area contributed by atoms with Crippen LogP contribution in [0.5, 0.6) is 0 Å². The van der Waals surface area contributed by atoms with Crippen LogP contribution in [0.25, 0.3) is 0 Å². The van der Waals surface area contributed by atoms with E-state index in [0.29, 0.717) is 0 Å². The zero-order chi connectivity index (χ0) is 13.5. The van der Waals surface area contributed by atoms with E-state index in [0.717, 1.165) is 0 Å². The Morgan fingerprint density at radius 2 is 2.33 bits per heavy atom. The van der Waals surface area contributed by atoms with Crippen LogP contribution in [0, 0.1) is 0 Å². The monoisotopic (exact) mass is 262 g/mol. The number of halogens is 2. The fraction of sp³-hybridized carbons (Fsp3) is 0.545. The molecular weight excluding hydrogens is 246 g/mol. The highest BCUT2D eigenvalue weighted by molar-refractivity contribution is 5.92. The van der Waals surface area contributed by atoms with Crippen molar-refractivity contribution in [3.63, 3.8) is 0 Å². The quantitative estimate of drug-likeness (QED) is 0.751. The standard InChI is InChI=1S/C11H16F2N2O3/c1-18-7-8(16)5-14-11(17)9-3-2-4-15(9)6-10(12)13/h2-4,8,10,16H,5-7H2,1H3,(H,14,17). The second-order valence-corrected chi connectivity index (χ2v) is 3.76. The van der Waals surface area contributed by atoms with E-state index in [4.69, 9.17) is 4.74 Å². The molecule has 0 aliphatic rings. The molecule has 2 N–H and O–H groups in total. The minimum atomic E-state index is -2.52. The Morgan fingerprint density at radius 1 is 1.61 bits per heavy atom. The van der Waals surface area contributed by atoms with Gasteiger partial charge in [-0.3, -0.25) is 4.79 Å². The van der Waals surface area contributed by atoms with Gasteiger partial charge in [-0.15, -0.1) is 0 Å². The highest BCUT2D eigenvalue weighted by Crippen LogP contribution is 2.06. The van der Waals surface area contributed by atoms with Crippen molar-refractivity contribution in [2.45, 2.75) is 19.1 Å². The van der Waals surface area contributed by atoms with Gasteiger partial charge in [-0.2, -0.15) is 0 Å². The van der Waals surface area contributed by atoms with Gasteiger partial charge in [0.2, 0.25) is 0 Å². The lowest BCUT2D eigenvalue weighted by Crippen LogP contribution is -2.35. The molecule has 1 rings (SSSR count). The third-order valence-electron chi connectivity index (χ3n) is 2.25. The Morgan fingerprint density at radius 3 is 2.94 bits per heavy atom. The summed E-state index contributed by atoms with van der Waals surface area (Å²) in [6.45, 7) is -0.429. The fourth-order valence-electron chi connectivity index (χ4n) is 1.48. The molecule has 0 aliphatic heterocycles. The van der Waals surface area contributed by atoms with E-state index in [9.17, 15) is 18.7 Å². The average Bonchev–Trinajstić information content (AvgIpc) is 2.73. The van der Waals surface area contributed by atoms with E-state index in [2.05, 4.69) is 5.32 Å². The van der Waals surface area contributed by atoms with Crippen LogP contribution in [0.1, 0.15) is 10.5 Å². The van der Waals surface area contributed by atoms with E-state index in [1.165, 1.54) is 30.0 Å². The van der Waals surface area contributed by atoms with Crippen molar-refractivity contribution in [1.82, 2.24) is 9.88 Å². The molecule has 1 atom stereocenters. The van der Waals surface area contributed by atoms with Gasteiger partial charge in [0, 0.05) is 19.9 Å². The molecule has 0 fully saturated rings. The van der Waals surface area contributed by atoms with Crippen molar-refractivity contribution in [1.29, 1.82) is 0 Å². The minimum absolute atomic E-state index is 0.00648. The Hall–Kier alpha value is -1.47. The van der Waals surface area contributed by atoms with Gasteiger partial charge in [0.1, 0.15) is 5.69 Å². The smallest absolute Gasteiger partial charge is 0.267 e. The molecule has 18 heavy (non-hydrogen) atoms. The molecule has 1 heterocycles. The van der Waals surface area contributed by atoms with E-state index < -0.39 is 25.0 Å². The molecule has 5 nitrogen and oxygen atoms in total. The summed E-state index contributed by atoms with van der Waals surface area (Å²) in [6, 6.07) is 2.96. The summed E-state index contributed by atoms with van der Waals surface area (Å²) in [7, 11) is 1.43. The maximum atomic E-state index is 12.2. The number of amides is 1. The van der Waals surface area contributed by atoms with Gasteiger partial charge in [-0.25, -0.2) is 8.78 Å². The summed E-state index contributed by atoms with van der Waals surface area (Å²) in [4.78, 5) is 11.7. The first-order valence-corrected chi connectivity index (χ1v) is 5.43. The van der Waals surface area contributed by atoms with Crippen LogP contribution in [0.2, 0.25) is 0 Å². The molecule has 0 aromatic carbocycles. The first kappa shape index (κ1) is 14.6. The van der Waals surface area contributed by atoms with Crippen molar-refractivity contribution < 1.29 is 23.4 Å². The van der Waals surface area contributed by atoms with Crippen molar-refractivity contribution in [2.75, 3.05) is 20.3 Å². The summed E-state index contributed by atoms with van der Waals surface area (Å²) in [5, 5.41) is 11.8. The predicted octanol–water partition coefficient (Wildman–Crippen LogP) is 0.490. The number of ether oxygens (including phenoxy) is 1. The van der Waals surface area contributed by atoms with E-state index >= 15 is 0 Å². The normalized spacial score (nSPS) is 12.7. The molecule has 1 aromatic rings. The number of alkyl halides is 2. The van der Waals surface area contributed by atoms with E-state index in [1.54, 1.807) is 0 Å². The SMILES string of the molecule is COCC(O)CNC(=O)c1cccn1CC(F)F. The molecule has 0 bridgehead atoms. The molecule has 0 radical (unpaired) electrons. The molecule has 1 unspecified atom stereocenters. The number of methoxy groups -OCH3 is 1. The third kappa shape index (κ3) is 4.42. The maximum Gasteiger partial charge on any atom is 0.267 e. The van der Waals surface area contributed by atoms with Crippen molar-refractivity contribution in [3.05, 3.63) is 24.0 Å². The Balaban J connectivity index is 2.53. The largest absolute Gasteiger partial charge is 0.389 e. The molecule has 0 spiro atoms. The first-order valence-electron chi connectivity index (χ1n) is 5.43. The average molecular weight is 262 g/mol. The lowest BCUT2D eigenvalue weighted by molar-refractivity contribution is 0.0606. The fourth-order valence-corrected chi connectivity index (χ4v) is 1.48. The van der Waals surface area contributed by atoms with Crippen molar-refractivity contribution >= 4 is 5.91 Å². The third-order valence-corrected chi connectivity index (χ3v) is 2.25. The number of aromatic nitrogens is 1. The Kier molecular flexibility index (Phi) is 5.73. The topological polar surface area (TPSA) is 63.5 Å². The zero-order valence-electron chi connectivity index (χ0n) is 9.97. The lowest BCUT2D eigenvalue weighted by atomic mass is 10.3. The highest BCUT2D eigenvalue weighted by Gasteiger charge is 2.14. The molecule has 7 heteroatoms. The number of carbonyl (C=O) groups excluding carboxylic acids is 1. The number of nitrogens with zero attached hydrogens (tertiary/aromatic N) is 1. The van der Waals surface area contributed by atoms with Crippen LogP contribution >= 0.6 is 0 Å². The van der Waals surface area contributed by atoms with Gasteiger partial charge in [-0.1, -0.05) is 0 Å². The van der Waals surface area contributed by atoms with Gasteiger partial charge in [0.15, 0.2) is 0 Å². The van der Waals surface area contributed by atoms with Crippen LogP contribution in [0.3, 0.4) is 0 Å². The van der Waals surface area contributed by atoms with Crippen LogP contribution < -0.4 is 5.32 Å². The second-order valence-electron chi connectivity index (χ2n) is 3.76. The number of carbonyl (C=O) groups is 1. The number of rotatable bonds is 7. The number of aliphatic hydroxyl groups excluding tert-OH is 1. The molecule has 102 valence electrons. The Labute approximate surface area is 103 Å². The summed E-state index contributed by atoms with van der Waals surface area (Å²) in [6.07, 6.45) is -1.94. The molecule has 1 aromatic heterocycles. The van der Waals surface area contributed by atoms with Crippen LogP contribution in [-0.2, 0) is 11.3 Å². The number of nitrogens with one attached hydrogen (secondary N) is 1. The summed E-state index contributed by atoms with van der Waals surface area (Å²) in [5.74, 6) is -0.504. The zero-order valence-corrected chi connectivity index (χ0v) is 9.97. The summed E-state index contributed by atoms with van der Waals surface area (Å²) in [5.41, 5.74) is 0.139. The first-order chi connectivity index (χ1) is 8.54. The number of hydrogen-bond donors (Lipinski definition) is 2. The minimum Gasteiger partial charge on any atom is -0.389 e. The van der Waals surface area contributed by atoms with Gasteiger partial charge < -0.3 is 19.7 Å². The van der Waals surface area contributed by atoms with Crippen LogP contribution in [0.15, 0.2) is 18.3 Å². The molecule has 0 saturated heterocycles. The maximum absolute atomic E-state index is 12.2. The summed E-state index contributed by atoms with van der Waals surface area (Å²) >= 11 is 0.